The fourth-order valence-electron chi connectivity index (χ4n) is 4.92. The molecular formula is C25H38N4O2. The van der Waals surface area contributed by atoms with Crippen molar-refractivity contribution in [1.82, 2.24) is 19.6 Å². The van der Waals surface area contributed by atoms with Gasteiger partial charge in [-0.15, -0.1) is 0 Å². The first-order valence-electron chi connectivity index (χ1n) is 11.9. The summed E-state index contributed by atoms with van der Waals surface area (Å²) in [5, 5.41) is 4.37. The van der Waals surface area contributed by atoms with Crippen molar-refractivity contribution < 1.29 is 9.47 Å². The van der Waals surface area contributed by atoms with Crippen LogP contribution in [0.15, 0.2) is 36.7 Å². The predicted molar refractivity (Wildman–Crippen MR) is 124 cm³/mol. The lowest BCUT2D eigenvalue weighted by atomic mass is 9.95. The molecule has 0 aliphatic carbocycles. The monoisotopic (exact) mass is 426 g/mol. The van der Waals surface area contributed by atoms with Crippen LogP contribution in [-0.4, -0.2) is 78.7 Å². The molecule has 0 amide bonds. The molecule has 170 valence electrons. The molecule has 0 saturated carbocycles. The molecule has 2 aliphatic heterocycles. The summed E-state index contributed by atoms with van der Waals surface area (Å²) in [4.78, 5) is 5.20. The van der Waals surface area contributed by atoms with Gasteiger partial charge in [-0.2, -0.15) is 5.10 Å². The van der Waals surface area contributed by atoms with Crippen LogP contribution in [0.2, 0.25) is 0 Å². The number of piperidine rings is 1. The molecule has 2 saturated heterocycles. The molecular weight excluding hydrogens is 388 g/mol. The van der Waals surface area contributed by atoms with Crippen LogP contribution in [0.4, 0.5) is 0 Å². The number of methoxy groups -OCH3 is 1. The first-order valence-corrected chi connectivity index (χ1v) is 11.9. The minimum absolute atomic E-state index is 0.394. The summed E-state index contributed by atoms with van der Waals surface area (Å²) in [6.07, 6.45) is 9.18. The third-order valence-corrected chi connectivity index (χ3v) is 6.81. The van der Waals surface area contributed by atoms with Gasteiger partial charge < -0.3 is 14.4 Å². The molecule has 2 aliphatic rings. The molecule has 0 N–H and O–H groups in total. The average molecular weight is 427 g/mol. The molecule has 4 rings (SSSR count). The molecule has 0 bridgehead atoms. The minimum Gasteiger partial charge on any atom is -0.383 e. The summed E-state index contributed by atoms with van der Waals surface area (Å²) >= 11 is 0. The van der Waals surface area contributed by atoms with E-state index in [0.29, 0.717) is 6.10 Å². The first-order chi connectivity index (χ1) is 15.2. The van der Waals surface area contributed by atoms with E-state index in [1.54, 1.807) is 7.11 Å². The van der Waals surface area contributed by atoms with Crippen molar-refractivity contribution in [2.75, 3.05) is 53.0 Å². The zero-order valence-corrected chi connectivity index (χ0v) is 19.2. The van der Waals surface area contributed by atoms with E-state index in [0.717, 1.165) is 44.5 Å². The second-order valence-electron chi connectivity index (χ2n) is 9.17. The smallest absolute Gasteiger partial charge is 0.0702 e. The van der Waals surface area contributed by atoms with Gasteiger partial charge in [-0.3, -0.25) is 4.90 Å². The van der Waals surface area contributed by atoms with Crippen molar-refractivity contribution >= 4 is 0 Å². The Hall–Kier alpha value is -1.73. The van der Waals surface area contributed by atoms with Gasteiger partial charge in [0.1, 0.15) is 0 Å². The zero-order valence-electron chi connectivity index (χ0n) is 19.2. The van der Waals surface area contributed by atoms with Crippen molar-refractivity contribution in [3.05, 3.63) is 47.8 Å². The van der Waals surface area contributed by atoms with Crippen LogP contribution in [0.1, 0.15) is 36.8 Å². The Kier molecular flexibility index (Phi) is 8.14. The maximum Gasteiger partial charge on any atom is 0.0702 e. The number of likely N-dealkylation sites (tertiary alicyclic amines) is 1. The highest BCUT2D eigenvalue weighted by atomic mass is 16.5. The highest BCUT2D eigenvalue weighted by Crippen LogP contribution is 2.23. The van der Waals surface area contributed by atoms with E-state index in [1.165, 1.54) is 56.4 Å². The highest BCUT2D eigenvalue weighted by Gasteiger charge is 2.25. The Morgan fingerprint density at radius 1 is 1.19 bits per heavy atom. The third-order valence-electron chi connectivity index (χ3n) is 6.81. The van der Waals surface area contributed by atoms with E-state index in [4.69, 9.17) is 9.47 Å². The van der Waals surface area contributed by atoms with Crippen molar-refractivity contribution in [1.29, 1.82) is 0 Å². The molecule has 2 aromatic rings. The van der Waals surface area contributed by atoms with Crippen molar-refractivity contribution in [2.24, 2.45) is 5.92 Å². The summed E-state index contributed by atoms with van der Waals surface area (Å²) < 4.78 is 13.2. The van der Waals surface area contributed by atoms with Gasteiger partial charge >= 0.3 is 0 Å². The van der Waals surface area contributed by atoms with Gasteiger partial charge in [-0.1, -0.05) is 6.07 Å². The van der Waals surface area contributed by atoms with Gasteiger partial charge in [-0.25, -0.2) is 4.68 Å². The van der Waals surface area contributed by atoms with Crippen molar-refractivity contribution in [3.8, 4) is 5.69 Å². The van der Waals surface area contributed by atoms with Crippen molar-refractivity contribution in [3.63, 3.8) is 0 Å². The largest absolute Gasteiger partial charge is 0.383 e. The van der Waals surface area contributed by atoms with E-state index < -0.39 is 0 Å². The normalized spacial score (nSPS) is 20.7. The molecule has 1 aromatic carbocycles. The quantitative estimate of drug-likeness (QED) is 0.582. The highest BCUT2D eigenvalue weighted by molar-refractivity contribution is 5.39. The van der Waals surface area contributed by atoms with Crippen LogP contribution in [0, 0.1) is 12.8 Å². The van der Waals surface area contributed by atoms with Crippen LogP contribution >= 0.6 is 0 Å². The lowest BCUT2D eigenvalue weighted by Crippen LogP contribution is -2.41. The maximum atomic E-state index is 5.99. The number of nitrogens with zero attached hydrogens (tertiary/aromatic N) is 4. The Labute approximate surface area is 187 Å². The maximum absolute atomic E-state index is 5.99. The fourth-order valence-corrected chi connectivity index (χ4v) is 4.92. The minimum atomic E-state index is 0.394. The van der Waals surface area contributed by atoms with Crippen LogP contribution in [0.5, 0.6) is 0 Å². The lowest BCUT2D eigenvalue weighted by Gasteiger charge is -2.35. The molecule has 1 atom stereocenters. The third kappa shape index (κ3) is 6.39. The van der Waals surface area contributed by atoms with E-state index in [1.807, 2.05) is 23.1 Å². The van der Waals surface area contributed by atoms with E-state index in [-0.39, 0.29) is 0 Å². The molecule has 31 heavy (non-hydrogen) atoms. The van der Waals surface area contributed by atoms with E-state index >= 15 is 0 Å². The second kappa shape index (κ2) is 11.2. The Morgan fingerprint density at radius 2 is 2.06 bits per heavy atom. The Morgan fingerprint density at radius 3 is 2.74 bits per heavy atom. The lowest BCUT2D eigenvalue weighted by molar-refractivity contribution is 0.0551. The van der Waals surface area contributed by atoms with E-state index in [2.05, 4.69) is 40.0 Å². The summed E-state index contributed by atoms with van der Waals surface area (Å²) in [6.45, 7) is 10.6. The van der Waals surface area contributed by atoms with Gasteiger partial charge in [0.2, 0.25) is 0 Å². The van der Waals surface area contributed by atoms with Crippen LogP contribution in [0.25, 0.3) is 5.69 Å². The summed E-state index contributed by atoms with van der Waals surface area (Å²) in [5.74, 6) is 0.767. The average Bonchev–Trinajstić information content (AvgIpc) is 3.49. The molecule has 3 heterocycles. The molecule has 0 unspecified atom stereocenters. The zero-order chi connectivity index (χ0) is 21.5. The fraction of sp³-hybridized carbons (Fsp3) is 0.640. The summed E-state index contributed by atoms with van der Waals surface area (Å²) in [6, 6.07) is 8.68. The summed E-state index contributed by atoms with van der Waals surface area (Å²) in [5.41, 5.74) is 3.87. The van der Waals surface area contributed by atoms with Gasteiger partial charge in [-0.05, 0) is 80.9 Å². The second-order valence-corrected chi connectivity index (χ2v) is 9.17. The number of ether oxygens (including phenoxy) is 2. The van der Waals surface area contributed by atoms with Gasteiger partial charge in [0.25, 0.3) is 0 Å². The molecule has 0 spiro atoms. The van der Waals surface area contributed by atoms with Gasteiger partial charge in [0, 0.05) is 52.3 Å². The topological polar surface area (TPSA) is 42.8 Å². The number of aryl methyl sites for hydroxylation is 1. The summed E-state index contributed by atoms with van der Waals surface area (Å²) in [7, 11) is 1.79. The molecule has 1 aromatic heterocycles. The molecule has 6 heteroatoms. The standard InChI is InChI=1S/C25H38N4O2/c1-21-17-24(29-11-4-10-26-29)7-6-23(21)19-28(20-25-5-3-15-31-25)18-22-8-12-27(13-9-22)14-16-30-2/h4,6-7,10-11,17,22,25H,3,5,8-9,12-16,18-20H2,1-2H3/t25-/m0/s1. The molecule has 2 fully saturated rings. The number of benzene rings is 1. The SMILES string of the molecule is COCCN1CCC(CN(Cc2ccc(-n3cccn3)cc2C)C[C@@H]2CCCO2)CC1. The van der Waals surface area contributed by atoms with Crippen LogP contribution in [-0.2, 0) is 16.0 Å². The van der Waals surface area contributed by atoms with Gasteiger partial charge in [0.05, 0.1) is 18.4 Å². The Bertz CT molecular complexity index is 781. The predicted octanol–water partition coefficient (Wildman–Crippen LogP) is 3.52. The number of hydrogen-bond acceptors (Lipinski definition) is 5. The van der Waals surface area contributed by atoms with Crippen LogP contribution < -0.4 is 0 Å². The number of hydrogen-bond donors (Lipinski definition) is 0. The van der Waals surface area contributed by atoms with Crippen molar-refractivity contribution in [2.45, 2.75) is 45.3 Å². The molecule has 0 radical (unpaired) electrons. The first kappa shape index (κ1) is 22.5. The van der Waals surface area contributed by atoms with E-state index in [9.17, 15) is 0 Å². The molecule has 6 nitrogen and oxygen atoms in total. The van der Waals surface area contributed by atoms with Gasteiger partial charge in [0.15, 0.2) is 0 Å². The van der Waals surface area contributed by atoms with Crippen LogP contribution in [0.3, 0.4) is 0 Å². The number of aromatic nitrogens is 2. The number of rotatable bonds is 10. The Balaban J connectivity index is 1.38.